The number of ether oxygens (including phenoxy) is 4. The second kappa shape index (κ2) is 8.08. The standard InChI is InChI=1S/C12H13IO9/c1-5(14)20-10-9(7(16)4-19-8(17)3-13)22-12(18)11(10)21-6(2)15/h7,9,16H,3-4H2,1-2H3. The molecule has 22 heavy (non-hydrogen) atoms. The van der Waals surface area contributed by atoms with Gasteiger partial charge >= 0.3 is 23.9 Å². The molecule has 0 aliphatic carbocycles. The van der Waals surface area contributed by atoms with Crippen LogP contribution in [0.15, 0.2) is 11.5 Å². The van der Waals surface area contributed by atoms with Gasteiger partial charge in [0.05, 0.1) is 4.43 Å². The molecule has 10 heteroatoms. The van der Waals surface area contributed by atoms with Gasteiger partial charge in [-0.25, -0.2) is 4.79 Å². The number of esters is 4. The number of cyclic esters (lactones) is 1. The lowest BCUT2D eigenvalue weighted by atomic mass is 10.2. The highest BCUT2D eigenvalue weighted by Crippen LogP contribution is 2.27. The summed E-state index contributed by atoms with van der Waals surface area (Å²) in [5.41, 5.74) is 0. The number of aliphatic hydroxyl groups is 1. The third-order valence-electron chi connectivity index (χ3n) is 2.27. The summed E-state index contributed by atoms with van der Waals surface area (Å²) in [4.78, 5) is 44.7. The topological polar surface area (TPSA) is 125 Å². The molecular formula is C12H13IO9. The van der Waals surface area contributed by atoms with E-state index < -0.39 is 54.2 Å². The van der Waals surface area contributed by atoms with E-state index in [0.717, 1.165) is 13.8 Å². The molecule has 0 amide bonds. The maximum atomic E-state index is 11.6. The van der Waals surface area contributed by atoms with E-state index in [1.807, 2.05) is 0 Å². The van der Waals surface area contributed by atoms with Crippen molar-refractivity contribution in [3.8, 4) is 0 Å². The van der Waals surface area contributed by atoms with Crippen molar-refractivity contribution in [1.29, 1.82) is 0 Å². The van der Waals surface area contributed by atoms with Crippen molar-refractivity contribution in [2.75, 3.05) is 11.0 Å². The lowest BCUT2D eigenvalue weighted by Gasteiger charge is -2.18. The number of hydrogen-bond acceptors (Lipinski definition) is 9. The Hall–Kier alpha value is -1.69. The third kappa shape index (κ3) is 4.94. The van der Waals surface area contributed by atoms with Crippen LogP contribution in [0.1, 0.15) is 13.8 Å². The lowest BCUT2D eigenvalue weighted by Crippen LogP contribution is -2.34. The van der Waals surface area contributed by atoms with E-state index in [1.54, 1.807) is 22.6 Å². The highest BCUT2D eigenvalue weighted by molar-refractivity contribution is 14.1. The molecule has 0 aromatic rings. The van der Waals surface area contributed by atoms with Crippen LogP contribution in [0.5, 0.6) is 0 Å². The van der Waals surface area contributed by atoms with E-state index in [4.69, 9.17) is 14.2 Å². The molecule has 0 spiro atoms. The zero-order chi connectivity index (χ0) is 16.9. The van der Waals surface area contributed by atoms with E-state index in [-0.39, 0.29) is 4.43 Å². The minimum atomic E-state index is -1.49. The first-order valence-corrected chi connectivity index (χ1v) is 7.50. The summed E-state index contributed by atoms with van der Waals surface area (Å²) in [5.74, 6) is -4.35. The third-order valence-corrected chi connectivity index (χ3v) is 2.90. The summed E-state index contributed by atoms with van der Waals surface area (Å²) >= 11 is 1.77. The van der Waals surface area contributed by atoms with Crippen molar-refractivity contribution in [3.63, 3.8) is 0 Å². The van der Waals surface area contributed by atoms with Crippen LogP contribution < -0.4 is 0 Å². The van der Waals surface area contributed by atoms with Crippen LogP contribution in [-0.4, -0.2) is 52.2 Å². The summed E-state index contributed by atoms with van der Waals surface area (Å²) in [5, 5.41) is 9.92. The van der Waals surface area contributed by atoms with Gasteiger partial charge in [0, 0.05) is 13.8 Å². The number of hydrogen-bond donors (Lipinski definition) is 1. The molecule has 0 aromatic carbocycles. The molecule has 1 N–H and O–H groups in total. The minimum Gasteiger partial charge on any atom is -0.462 e. The lowest BCUT2D eigenvalue weighted by molar-refractivity contribution is -0.157. The maximum absolute atomic E-state index is 11.6. The monoisotopic (exact) mass is 428 g/mol. The van der Waals surface area contributed by atoms with Gasteiger partial charge in [-0.05, 0) is 0 Å². The summed E-state index contributed by atoms with van der Waals surface area (Å²) < 4.78 is 19.0. The largest absolute Gasteiger partial charge is 0.462 e. The van der Waals surface area contributed by atoms with Crippen molar-refractivity contribution in [2.24, 2.45) is 0 Å². The van der Waals surface area contributed by atoms with Crippen LogP contribution in [0.4, 0.5) is 0 Å². The van der Waals surface area contributed by atoms with Gasteiger partial charge in [0.15, 0.2) is 6.10 Å². The first-order chi connectivity index (χ1) is 10.3. The fraction of sp³-hybridized carbons (Fsp3) is 0.500. The molecule has 0 bridgehead atoms. The van der Waals surface area contributed by atoms with Gasteiger partial charge in [-0.1, -0.05) is 22.6 Å². The average Bonchev–Trinajstić information content (AvgIpc) is 2.72. The number of carbonyl (C=O) groups excluding carboxylic acids is 4. The van der Waals surface area contributed by atoms with Crippen LogP contribution in [0.2, 0.25) is 0 Å². The van der Waals surface area contributed by atoms with Crippen LogP contribution in [0, 0.1) is 0 Å². The highest BCUT2D eigenvalue weighted by atomic mass is 127. The number of alkyl halides is 1. The van der Waals surface area contributed by atoms with Crippen LogP contribution in [-0.2, 0) is 38.1 Å². The van der Waals surface area contributed by atoms with Gasteiger partial charge in [0.1, 0.15) is 12.7 Å². The maximum Gasteiger partial charge on any atom is 0.378 e. The molecule has 0 fully saturated rings. The Bertz CT molecular complexity index is 525. The van der Waals surface area contributed by atoms with Crippen molar-refractivity contribution in [3.05, 3.63) is 11.5 Å². The molecule has 1 heterocycles. The molecular weight excluding hydrogens is 415 g/mol. The fourth-order valence-corrected chi connectivity index (χ4v) is 1.72. The van der Waals surface area contributed by atoms with Crippen molar-refractivity contribution >= 4 is 46.5 Å². The quantitative estimate of drug-likeness (QED) is 0.260. The molecule has 0 saturated carbocycles. The first-order valence-electron chi connectivity index (χ1n) is 5.97. The predicted octanol–water partition coefficient (Wildman–Crippen LogP) is -0.411. The van der Waals surface area contributed by atoms with E-state index in [1.165, 1.54) is 0 Å². The molecule has 1 aliphatic rings. The van der Waals surface area contributed by atoms with Gasteiger partial charge in [0.25, 0.3) is 5.76 Å². The van der Waals surface area contributed by atoms with Crippen LogP contribution in [0.3, 0.4) is 0 Å². The molecule has 1 rings (SSSR count). The van der Waals surface area contributed by atoms with Crippen molar-refractivity contribution < 1.29 is 43.2 Å². The van der Waals surface area contributed by atoms with Gasteiger partial charge in [-0.2, -0.15) is 0 Å². The van der Waals surface area contributed by atoms with Crippen molar-refractivity contribution in [1.82, 2.24) is 0 Å². The first kappa shape index (κ1) is 18.4. The van der Waals surface area contributed by atoms with Crippen molar-refractivity contribution in [2.45, 2.75) is 26.1 Å². The second-order valence-corrected chi connectivity index (χ2v) is 4.85. The Labute approximate surface area is 138 Å². The number of carbonyl (C=O) groups is 4. The zero-order valence-electron chi connectivity index (χ0n) is 11.7. The fourth-order valence-electron chi connectivity index (χ4n) is 1.50. The predicted molar refractivity (Wildman–Crippen MR) is 76.3 cm³/mol. The normalized spacial score (nSPS) is 18.5. The summed E-state index contributed by atoms with van der Waals surface area (Å²) in [6.07, 6.45) is -2.91. The average molecular weight is 428 g/mol. The van der Waals surface area contributed by atoms with E-state index in [2.05, 4.69) is 4.74 Å². The Morgan fingerprint density at radius 3 is 2.36 bits per heavy atom. The molecule has 0 saturated heterocycles. The molecule has 0 aromatic heterocycles. The van der Waals surface area contributed by atoms with E-state index in [0.29, 0.717) is 0 Å². The minimum absolute atomic E-state index is 0.0697. The summed E-state index contributed by atoms with van der Waals surface area (Å²) in [7, 11) is 0. The number of halogens is 1. The number of rotatable bonds is 6. The zero-order valence-corrected chi connectivity index (χ0v) is 13.8. The smallest absolute Gasteiger partial charge is 0.378 e. The Kier molecular flexibility index (Phi) is 6.74. The van der Waals surface area contributed by atoms with Gasteiger partial charge in [-0.3, -0.25) is 14.4 Å². The molecule has 1 aliphatic heterocycles. The Balaban J connectivity index is 2.94. The summed E-state index contributed by atoms with van der Waals surface area (Å²) in [6, 6.07) is 0. The van der Waals surface area contributed by atoms with Crippen LogP contribution in [0.25, 0.3) is 0 Å². The highest BCUT2D eigenvalue weighted by Gasteiger charge is 2.43. The molecule has 9 nitrogen and oxygen atoms in total. The molecule has 2 atom stereocenters. The van der Waals surface area contributed by atoms with Gasteiger partial charge in [-0.15, -0.1) is 0 Å². The second-order valence-electron chi connectivity index (χ2n) is 4.09. The van der Waals surface area contributed by atoms with Gasteiger partial charge < -0.3 is 24.1 Å². The molecule has 2 unspecified atom stereocenters. The van der Waals surface area contributed by atoms with E-state index in [9.17, 15) is 24.3 Å². The summed E-state index contributed by atoms with van der Waals surface area (Å²) in [6.45, 7) is 1.61. The Morgan fingerprint density at radius 2 is 1.86 bits per heavy atom. The Morgan fingerprint density at radius 1 is 1.27 bits per heavy atom. The SMILES string of the molecule is CC(=O)OC1=C(OC(C)=O)C(C(O)COC(=O)CI)OC1=O. The number of aliphatic hydroxyl groups excluding tert-OH is 1. The van der Waals surface area contributed by atoms with Crippen LogP contribution >= 0.6 is 22.6 Å². The molecule has 0 radical (unpaired) electrons. The van der Waals surface area contributed by atoms with Gasteiger partial charge in [0.2, 0.25) is 5.76 Å². The van der Waals surface area contributed by atoms with E-state index >= 15 is 0 Å². The molecule has 122 valence electrons.